The Morgan fingerprint density at radius 2 is 0.688 bits per heavy atom. The highest BCUT2D eigenvalue weighted by molar-refractivity contribution is 6.00. The summed E-state index contributed by atoms with van der Waals surface area (Å²) in [6, 6.07) is 40.4. The second kappa shape index (κ2) is 9.49. The third kappa shape index (κ3) is 3.33. The molecule has 8 nitrogen and oxygen atoms in total. The first-order chi connectivity index (χ1) is 23.6. The molecule has 4 aliphatic heterocycles. The van der Waals surface area contributed by atoms with Gasteiger partial charge >= 0.3 is 11.9 Å². The van der Waals surface area contributed by atoms with Gasteiger partial charge in [-0.05, 0) is 36.4 Å². The topological polar surface area (TPSA) is 89.5 Å². The Morgan fingerprint density at radius 3 is 1.04 bits per heavy atom. The molecule has 230 valence electrons. The predicted octanol–water partition coefficient (Wildman–Crippen LogP) is 8.20. The van der Waals surface area contributed by atoms with Crippen molar-refractivity contribution in [2.45, 2.75) is 11.2 Å². The van der Waals surface area contributed by atoms with E-state index >= 15 is 0 Å². The first-order valence-electron chi connectivity index (χ1n) is 15.4. The molecule has 10 rings (SSSR count). The Labute approximate surface area is 273 Å². The minimum Gasteiger partial charge on any atom is -0.456 e. The van der Waals surface area contributed by atoms with Crippen LogP contribution in [0.3, 0.4) is 0 Å². The second-order valence-corrected chi connectivity index (χ2v) is 11.9. The summed E-state index contributed by atoms with van der Waals surface area (Å²) in [5, 5.41) is 0. The molecule has 0 amide bonds. The third-order valence-electron chi connectivity index (χ3n) is 9.44. The van der Waals surface area contributed by atoms with E-state index in [9.17, 15) is 9.59 Å². The highest BCUT2D eigenvalue weighted by Gasteiger charge is 2.56. The molecule has 0 radical (unpaired) electrons. The van der Waals surface area contributed by atoms with Gasteiger partial charge in [0.1, 0.15) is 34.1 Å². The Bertz CT molecular complexity index is 2120. The van der Waals surface area contributed by atoms with Crippen molar-refractivity contribution in [1.82, 2.24) is 0 Å². The number of ether oxygens (including phenoxy) is 4. The standard InChI is InChI=1S/C40H22O8/c41-37-35-27(39(45-37)23-11-1-5-17-29(23)43-30-18-6-2-12-24(30)39)15-9-21-33(35)47-48-34-22-10-16-28-36(34)38(42)46-40(28)25-13-3-7-19-31(25)44-32-20-8-4-14-26(32)40/h1-22H. The lowest BCUT2D eigenvalue weighted by molar-refractivity contribution is -0.101. The number of hydrogen-bond acceptors (Lipinski definition) is 8. The number of carbonyl (C=O) groups is 2. The summed E-state index contributed by atoms with van der Waals surface area (Å²) < 4.78 is 25.0. The summed E-state index contributed by atoms with van der Waals surface area (Å²) in [6.45, 7) is 0. The Balaban J connectivity index is 1.08. The van der Waals surface area contributed by atoms with Crippen molar-refractivity contribution in [3.63, 3.8) is 0 Å². The van der Waals surface area contributed by atoms with Gasteiger partial charge in [0.2, 0.25) is 0 Å². The quantitative estimate of drug-likeness (QED) is 0.110. The maximum atomic E-state index is 13.8. The molecular weight excluding hydrogens is 608 g/mol. The fourth-order valence-electron chi connectivity index (χ4n) is 7.50. The van der Waals surface area contributed by atoms with Gasteiger partial charge in [0.05, 0.1) is 0 Å². The summed E-state index contributed by atoms with van der Waals surface area (Å²) in [7, 11) is 0. The minimum atomic E-state index is -1.26. The zero-order chi connectivity index (χ0) is 32.0. The molecule has 48 heavy (non-hydrogen) atoms. The van der Waals surface area contributed by atoms with Crippen LogP contribution in [-0.2, 0) is 20.7 Å². The predicted molar refractivity (Wildman–Crippen MR) is 171 cm³/mol. The van der Waals surface area contributed by atoms with Crippen LogP contribution in [0.5, 0.6) is 34.5 Å². The molecule has 0 atom stereocenters. The van der Waals surface area contributed by atoms with E-state index in [2.05, 4.69) is 0 Å². The van der Waals surface area contributed by atoms with E-state index in [1.807, 2.05) is 109 Å². The minimum absolute atomic E-state index is 0.135. The summed E-state index contributed by atoms with van der Waals surface area (Å²) in [5.74, 6) is 1.45. The third-order valence-corrected chi connectivity index (χ3v) is 9.44. The van der Waals surface area contributed by atoms with Crippen LogP contribution < -0.4 is 19.2 Å². The molecular formula is C40H22O8. The van der Waals surface area contributed by atoms with Crippen molar-refractivity contribution in [2.24, 2.45) is 0 Å². The van der Waals surface area contributed by atoms with E-state index in [0.29, 0.717) is 56.4 Å². The fraction of sp³-hybridized carbons (Fsp3) is 0.0500. The van der Waals surface area contributed by atoms with E-state index in [4.69, 9.17) is 28.7 Å². The molecule has 4 aliphatic rings. The smallest absolute Gasteiger partial charge is 0.344 e. The van der Waals surface area contributed by atoms with Crippen molar-refractivity contribution >= 4 is 11.9 Å². The van der Waals surface area contributed by atoms with E-state index in [1.54, 1.807) is 24.3 Å². The molecule has 0 aromatic heterocycles. The largest absolute Gasteiger partial charge is 0.456 e. The van der Waals surface area contributed by atoms with Crippen LogP contribution in [0.1, 0.15) is 54.1 Å². The number of esters is 2. The summed E-state index contributed by atoms with van der Waals surface area (Å²) in [5.41, 5.74) is 1.86. The monoisotopic (exact) mass is 630 g/mol. The van der Waals surface area contributed by atoms with Crippen LogP contribution >= 0.6 is 0 Å². The van der Waals surface area contributed by atoms with Gasteiger partial charge in [-0.1, -0.05) is 97.1 Å². The van der Waals surface area contributed by atoms with Gasteiger partial charge in [-0.2, -0.15) is 0 Å². The number of benzene rings is 6. The van der Waals surface area contributed by atoms with Gasteiger partial charge in [-0.25, -0.2) is 9.59 Å². The average molecular weight is 631 g/mol. The van der Waals surface area contributed by atoms with Gasteiger partial charge in [0.25, 0.3) is 0 Å². The van der Waals surface area contributed by atoms with E-state index in [-0.39, 0.29) is 22.6 Å². The molecule has 0 unspecified atom stereocenters. The van der Waals surface area contributed by atoms with Crippen molar-refractivity contribution in [1.29, 1.82) is 0 Å². The van der Waals surface area contributed by atoms with Crippen LogP contribution in [0.25, 0.3) is 0 Å². The zero-order valence-corrected chi connectivity index (χ0v) is 25.0. The molecule has 0 aliphatic carbocycles. The average Bonchev–Trinajstić information content (AvgIpc) is 3.60. The lowest BCUT2D eigenvalue weighted by Crippen LogP contribution is -2.32. The maximum Gasteiger partial charge on any atom is 0.344 e. The summed E-state index contributed by atoms with van der Waals surface area (Å²) in [4.78, 5) is 39.4. The number of fused-ring (bicyclic) bond motifs is 12. The molecule has 0 saturated carbocycles. The van der Waals surface area contributed by atoms with Crippen molar-refractivity contribution in [3.05, 3.63) is 178 Å². The highest BCUT2D eigenvalue weighted by atomic mass is 17.2. The van der Waals surface area contributed by atoms with Crippen molar-refractivity contribution < 1.29 is 38.3 Å². The fourth-order valence-corrected chi connectivity index (χ4v) is 7.50. The lowest BCUT2D eigenvalue weighted by Gasteiger charge is -2.36. The molecule has 8 heteroatoms. The lowest BCUT2D eigenvalue weighted by atomic mass is 9.77. The van der Waals surface area contributed by atoms with Crippen LogP contribution in [0.2, 0.25) is 0 Å². The van der Waals surface area contributed by atoms with Gasteiger partial charge in [-0.3, -0.25) is 9.78 Å². The zero-order valence-electron chi connectivity index (χ0n) is 25.0. The first kappa shape index (κ1) is 26.7. The molecule has 0 bridgehead atoms. The number of carbonyl (C=O) groups excluding carboxylic acids is 2. The Morgan fingerprint density at radius 1 is 0.375 bits per heavy atom. The van der Waals surface area contributed by atoms with Crippen molar-refractivity contribution in [2.75, 3.05) is 0 Å². The molecule has 4 heterocycles. The molecule has 0 fully saturated rings. The summed E-state index contributed by atoms with van der Waals surface area (Å²) >= 11 is 0. The van der Waals surface area contributed by atoms with Gasteiger partial charge in [0, 0.05) is 33.4 Å². The number of rotatable bonds is 3. The molecule has 0 N–H and O–H groups in total. The SMILES string of the molecule is O=C1OC2(c3ccccc3Oc3ccccc32)c2cccc(OOc3cccc4c3C(=O)OC43c4ccccc4Oc4ccccc43)c21. The van der Waals surface area contributed by atoms with Gasteiger partial charge < -0.3 is 18.9 Å². The van der Waals surface area contributed by atoms with Crippen molar-refractivity contribution in [3.8, 4) is 34.5 Å². The van der Waals surface area contributed by atoms with Crippen LogP contribution in [0.15, 0.2) is 133 Å². The molecule has 6 aromatic rings. The number of hydrogen-bond donors (Lipinski definition) is 0. The van der Waals surface area contributed by atoms with Crippen LogP contribution in [0, 0.1) is 0 Å². The molecule has 0 saturated heterocycles. The number of para-hydroxylation sites is 4. The summed E-state index contributed by atoms with van der Waals surface area (Å²) in [6.07, 6.45) is 0. The first-order valence-corrected chi connectivity index (χ1v) is 15.4. The maximum absolute atomic E-state index is 13.8. The van der Waals surface area contributed by atoms with Gasteiger partial charge in [-0.15, -0.1) is 0 Å². The van der Waals surface area contributed by atoms with Crippen LogP contribution in [-0.4, -0.2) is 11.9 Å². The van der Waals surface area contributed by atoms with E-state index < -0.39 is 23.1 Å². The molecule has 6 aromatic carbocycles. The highest BCUT2D eigenvalue weighted by Crippen LogP contribution is 2.58. The van der Waals surface area contributed by atoms with E-state index in [1.165, 1.54) is 0 Å². The second-order valence-electron chi connectivity index (χ2n) is 11.9. The van der Waals surface area contributed by atoms with E-state index in [0.717, 1.165) is 0 Å². The van der Waals surface area contributed by atoms with Gasteiger partial charge in [0.15, 0.2) is 22.7 Å². The Kier molecular flexibility index (Phi) is 5.27. The van der Waals surface area contributed by atoms with Crippen LogP contribution in [0.4, 0.5) is 0 Å². The molecule has 2 spiro atoms. The normalized spacial score (nSPS) is 16.2. The Hall–Kier alpha value is -6.54.